The topological polar surface area (TPSA) is 64.3 Å². The predicted octanol–water partition coefficient (Wildman–Crippen LogP) is 3.16. The van der Waals surface area contributed by atoms with Gasteiger partial charge in [0.05, 0.1) is 6.54 Å². The van der Waals surface area contributed by atoms with Crippen LogP contribution in [0.5, 0.6) is 0 Å². The molecule has 0 unspecified atom stereocenters. The van der Waals surface area contributed by atoms with Crippen LogP contribution in [0.3, 0.4) is 0 Å². The van der Waals surface area contributed by atoms with E-state index in [1.165, 1.54) is 0 Å². The van der Waals surface area contributed by atoms with E-state index in [1.54, 1.807) is 0 Å². The summed E-state index contributed by atoms with van der Waals surface area (Å²) in [4.78, 5) is 11.6. The van der Waals surface area contributed by atoms with E-state index in [1.807, 2.05) is 56.3 Å². The molecule has 0 aliphatic rings. The number of rotatable bonds is 3. The highest BCUT2D eigenvalue weighted by atomic mass is 16.5. The molecule has 0 spiro atoms. The van der Waals surface area contributed by atoms with Crippen molar-refractivity contribution in [2.24, 2.45) is 0 Å². The lowest BCUT2D eigenvalue weighted by Gasteiger charge is -2.05. The first-order chi connectivity index (χ1) is 11.1. The lowest BCUT2D eigenvalue weighted by atomic mass is 10.1. The van der Waals surface area contributed by atoms with Crippen LogP contribution in [-0.2, 0) is 11.3 Å². The van der Waals surface area contributed by atoms with E-state index in [9.17, 15) is 4.79 Å². The molecule has 0 aliphatic heterocycles. The third-order valence-electron chi connectivity index (χ3n) is 3.36. The standard InChI is InChI=1S/C19H20N2O2/c1-14-11-17(12-15(2)18(14)20)9-6-10-21-19(22)23-13-16-7-4-3-5-8-16/h3-5,7-8,11-12H,10,13,20H2,1-2H3,(H,21,22). The van der Waals surface area contributed by atoms with Gasteiger partial charge in [-0.3, -0.25) is 0 Å². The Labute approximate surface area is 136 Å². The zero-order valence-electron chi connectivity index (χ0n) is 13.3. The Kier molecular flexibility index (Phi) is 5.65. The van der Waals surface area contributed by atoms with E-state index in [0.717, 1.165) is 27.9 Å². The molecular weight excluding hydrogens is 288 g/mol. The second kappa shape index (κ2) is 7.90. The quantitative estimate of drug-likeness (QED) is 0.676. The largest absolute Gasteiger partial charge is 0.445 e. The average molecular weight is 308 g/mol. The third kappa shape index (κ3) is 5.08. The summed E-state index contributed by atoms with van der Waals surface area (Å²) in [5.74, 6) is 5.91. The van der Waals surface area contributed by atoms with Crippen molar-refractivity contribution in [2.75, 3.05) is 12.3 Å². The number of nitrogens with two attached hydrogens (primary N) is 1. The molecule has 0 atom stereocenters. The number of anilines is 1. The molecule has 4 heteroatoms. The van der Waals surface area contributed by atoms with Crippen molar-refractivity contribution >= 4 is 11.8 Å². The first-order valence-corrected chi connectivity index (χ1v) is 7.36. The van der Waals surface area contributed by atoms with Crippen molar-refractivity contribution < 1.29 is 9.53 Å². The van der Waals surface area contributed by atoms with E-state index >= 15 is 0 Å². The predicted molar refractivity (Wildman–Crippen MR) is 91.8 cm³/mol. The number of nitrogens with one attached hydrogen (secondary N) is 1. The van der Waals surface area contributed by atoms with Crippen LogP contribution in [0.1, 0.15) is 22.3 Å². The number of hydrogen-bond donors (Lipinski definition) is 2. The summed E-state index contributed by atoms with van der Waals surface area (Å²) in [6.07, 6.45) is -0.479. The van der Waals surface area contributed by atoms with Crippen molar-refractivity contribution in [2.45, 2.75) is 20.5 Å². The first kappa shape index (κ1) is 16.4. The van der Waals surface area contributed by atoms with Crippen LogP contribution in [0.4, 0.5) is 10.5 Å². The molecule has 2 aromatic rings. The Balaban J connectivity index is 1.80. The second-order valence-corrected chi connectivity index (χ2v) is 5.24. The fourth-order valence-corrected chi connectivity index (χ4v) is 2.08. The van der Waals surface area contributed by atoms with Gasteiger partial charge in [-0.25, -0.2) is 4.79 Å². The fraction of sp³-hybridized carbons (Fsp3) is 0.211. The van der Waals surface area contributed by atoms with Crippen LogP contribution in [-0.4, -0.2) is 12.6 Å². The molecule has 0 aliphatic carbocycles. The highest BCUT2D eigenvalue weighted by Crippen LogP contribution is 2.17. The van der Waals surface area contributed by atoms with Crippen LogP contribution in [0.15, 0.2) is 42.5 Å². The lowest BCUT2D eigenvalue weighted by molar-refractivity contribution is 0.141. The normalized spacial score (nSPS) is 9.65. The molecule has 23 heavy (non-hydrogen) atoms. The number of amides is 1. The van der Waals surface area contributed by atoms with Gasteiger partial charge in [-0.05, 0) is 42.7 Å². The smallest absolute Gasteiger partial charge is 0.408 e. The Morgan fingerprint density at radius 3 is 2.48 bits per heavy atom. The SMILES string of the molecule is Cc1cc(C#CCNC(=O)OCc2ccccc2)cc(C)c1N. The molecule has 0 bridgehead atoms. The van der Waals surface area contributed by atoms with Crippen molar-refractivity contribution in [3.8, 4) is 11.8 Å². The highest BCUT2D eigenvalue weighted by Gasteiger charge is 2.01. The summed E-state index contributed by atoms with van der Waals surface area (Å²) in [6, 6.07) is 13.4. The van der Waals surface area contributed by atoms with E-state index in [2.05, 4.69) is 17.2 Å². The maximum Gasteiger partial charge on any atom is 0.408 e. The van der Waals surface area contributed by atoms with Gasteiger partial charge in [-0.1, -0.05) is 42.2 Å². The van der Waals surface area contributed by atoms with Gasteiger partial charge in [0.15, 0.2) is 0 Å². The Hall–Kier alpha value is -2.93. The molecule has 0 radical (unpaired) electrons. The van der Waals surface area contributed by atoms with Crippen LogP contribution >= 0.6 is 0 Å². The molecule has 0 heterocycles. The Morgan fingerprint density at radius 2 is 1.83 bits per heavy atom. The zero-order valence-corrected chi connectivity index (χ0v) is 13.3. The number of nitrogen functional groups attached to an aromatic ring is 1. The summed E-state index contributed by atoms with van der Waals surface area (Å²) in [5, 5.41) is 2.60. The number of benzene rings is 2. The molecule has 4 nitrogen and oxygen atoms in total. The van der Waals surface area contributed by atoms with Gasteiger partial charge in [-0.2, -0.15) is 0 Å². The van der Waals surface area contributed by atoms with Crippen LogP contribution in [0.2, 0.25) is 0 Å². The molecule has 0 aromatic heterocycles. The minimum atomic E-state index is -0.479. The van der Waals surface area contributed by atoms with Crippen molar-refractivity contribution in [1.29, 1.82) is 0 Å². The maximum absolute atomic E-state index is 11.6. The summed E-state index contributed by atoms with van der Waals surface area (Å²) < 4.78 is 5.10. The van der Waals surface area contributed by atoms with Gasteiger partial charge in [0.2, 0.25) is 0 Å². The van der Waals surface area contributed by atoms with E-state index in [4.69, 9.17) is 10.5 Å². The van der Waals surface area contributed by atoms with Gasteiger partial charge in [0.1, 0.15) is 6.61 Å². The fourth-order valence-electron chi connectivity index (χ4n) is 2.08. The van der Waals surface area contributed by atoms with Crippen molar-refractivity contribution in [3.63, 3.8) is 0 Å². The van der Waals surface area contributed by atoms with Crippen molar-refractivity contribution in [3.05, 3.63) is 64.7 Å². The molecule has 2 rings (SSSR count). The number of ether oxygens (including phenoxy) is 1. The molecule has 2 aromatic carbocycles. The lowest BCUT2D eigenvalue weighted by Crippen LogP contribution is -2.24. The number of alkyl carbamates (subject to hydrolysis) is 1. The van der Waals surface area contributed by atoms with Crippen molar-refractivity contribution in [1.82, 2.24) is 5.32 Å². The van der Waals surface area contributed by atoms with Gasteiger partial charge < -0.3 is 15.8 Å². The number of carbonyl (C=O) groups is 1. The second-order valence-electron chi connectivity index (χ2n) is 5.24. The molecule has 0 saturated carbocycles. The van der Waals surface area contributed by atoms with E-state index in [0.29, 0.717) is 0 Å². The highest BCUT2D eigenvalue weighted by molar-refractivity contribution is 5.67. The average Bonchev–Trinajstić information content (AvgIpc) is 2.55. The first-order valence-electron chi connectivity index (χ1n) is 7.36. The number of hydrogen-bond acceptors (Lipinski definition) is 3. The number of aryl methyl sites for hydroxylation is 2. The zero-order chi connectivity index (χ0) is 16.7. The summed E-state index contributed by atoms with van der Waals surface area (Å²) in [7, 11) is 0. The summed E-state index contributed by atoms with van der Waals surface area (Å²) in [5.41, 5.74) is 10.5. The third-order valence-corrected chi connectivity index (χ3v) is 3.36. The Bertz CT molecular complexity index is 720. The minimum absolute atomic E-state index is 0.232. The summed E-state index contributed by atoms with van der Waals surface area (Å²) in [6.45, 7) is 4.38. The molecule has 118 valence electrons. The van der Waals surface area contributed by atoms with Crippen LogP contribution in [0, 0.1) is 25.7 Å². The van der Waals surface area contributed by atoms with Crippen LogP contribution in [0.25, 0.3) is 0 Å². The van der Waals surface area contributed by atoms with Gasteiger partial charge in [-0.15, -0.1) is 0 Å². The van der Waals surface area contributed by atoms with E-state index in [-0.39, 0.29) is 13.2 Å². The van der Waals surface area contributed by atoms with Gasteiger partial charge in [0.25, 0.3) is 0 Å². The molecule has 1 amide bonds. The van der Waals surface area contributed by atoms with Crippen LogP contribution < -0.4 is 11.1 Å². The summed E-state index contributed by atoms with van der Waals surface area (Å²) >= 11 is 0. The Morgan fingerprint density at radius 1 is 1.17 bits per heavy atom. The maximum atomic E-state index is 11.6. The molecule has 3 N–H and O–H groups in total. The minimum Gasteiger partial charge on any atom is -0.445 e. The van der Waals surface area contributed by atoms with E-state index < -0.39 is 6.09 Å². The number of carbonyl (C=O) groups excluding carboxylic acids is 1. The van der Waals surface area contributed by atoms with Gasteiger partial charge in [0, 0.05) is 11.3 Å². The molecular formula is C19H20N2O2. The van der Waals surface area contributed by atoms with Gasteiger partial charge >= 0.3 is 6.09 Å². The molecule has 0 saturated heterocycles. The molecule has 0 fully saturated rings. The monoisotopic (exact) mass is 308 g/mol.